The minimum Gasteiger partial charge on any atom is -0.476 e. The van der Waals surface area contributed by atoms with Gasteiger partial charge < -0.3 is 9.84 Å². The lowest BCUT2D eigenvalue weighted by Gasteiger charge is -2.27. The zero-order valence-corrected chi connectivity index (χ0v) is 15.6. The van der Waals surface area contributed by atoms with E-state index >= 15 is 0 Å². The minimum absolute atomic E-state index is 0.0427. The SMILES string of the molecule is O=C(O)c1n[nH]c2c1N(C(=O)OCC1c3ccccc3-c3ccccc31)CCC2. The van der Waals surface area contributed by atoms with Crippen LogP contribution in [0.1, 0.15) is 39.6 Å². The van der Waals surface area contributed by atoms with E-state index in [0.29, 0.717) is 24.3 Å². The number of H-pyrrole nitrogens is 1. The number of aromatic amines is 1. The molecule has 0 saturated carbocycles. The number of carboxylic acid groups (broad SMARTS) is 1. The number of aromatic nitrogens is 2. The second-order valence-corrected chi connectivity index (χ2v) is 7.26. The summed E-state index contributed by atoms with van der Waals surface area (Å²) >= 11 is 0. The first-order valence-electron chi connectivity index (χ1n) is 9.58. The third kappa shape index (κ3) is 2.77. The molecule has 1 aliphatic heterocycles. The monoisotopic (exact) mass is 389 g/mol. The molecule has 2 heterocycles. The van der Waals surface area contributed by atoms with Crippen molar-refractivity contribution in [3.8, 4) is 11.1 Å². The van der Waals surface area contributed by atoms with Crippen molar-refractivity contribution in [3.63, 3.8) is 0 Å². The maximum Gasteiger partial charge on any atom is 0.414 e. The van der Waals surface area contributed by atoms with E-state index in [0.717, 1.165) is 28.7 Å². The third-order valence-corrected chi connectivity index (χ3v) is 5.65. The smallest absolute Gasteiger partial charge is 0.414 e. The van der Waals surface area contributed by atoms with Gasteiger partial charge in [-0.2, -0.15) is 5.10 Å². The van der Waals surface area contributed by atoms with Gasteiger partial charge in [-0.3, -0.25) is 10.00 Å². The second-order valence-electron chi connectivity index (χ2n) is 7.26. The predicted octanol–water partition coefficient (Wildman–Crippen LogP) is 3.81. The highest BCUT2D eigenvalue weighted by molar-refractivity contribution is 5.99. The largest absolute Gasteiger partial charge is 0.476 e. The summed E-state index contributed by atoms with van der Waals surface area (Å²) < 4.78 is 5.69. The molecular formula is C22H19N3O4. The van der Waals surface area contributed by atoms with Gasteiger partial charge in [-0.05, 0) is 35.1 Å². The van der Waals surface area contributed by atoms with Gasteiger partial charge in [0.2, 0.25) is 0 Å². The number of nitrogens with one attached hydrogen (secondary N) is 1. The van der Waals surface area contributed by atoms with Gasteiger partial charge in [0.05, 0.1) is 5.69 Å². The van der Waals surface area contributed by atoms with Gasteiger partial charge in [0.15, 0.2) is 5.69 Å². The van der Waals surface area contributed by atoms with Crippen molar-refractivity contribution in [3.05, 3.63) is 71.0 Å². The highest BCUT2D eigenvalue weighted by Gasteiger charge is 2.33. The quantitative estimate of drug-likeness (QED) is 0.710. The molecular weight excluding hydrogens is 370 g/mol. The fourth-order valence-corrected chi connectivity index (χ4v) is 4.37. The molecule has 0 atom stereocenters. The van der Waals surface area contributed by atoms with Gasteiger partial charge in [0.1, 0.15) is 12.3 Å². The Kier molecular flexibility index (Phi) is 4.08. The van der Waals surface area contributed by atoms with Gasteiger partial charge in [-0.25, -0.2) is 9.59 Å². The molecule has 2 aliphatic rings. The van der Waals surface area contributed by atoms with Crippen LogP contribution in [0.4, 0.5) is 10.5 Å². The number of aromatic carboxylic acids is 1. The van der Waals surface area contributed by atoms with E-state index in [-0.39, 0.29) is 18.2 Å². The molecule has 146 valence electrons. The average molecular weight is 389 g/mol. The maximum atomic E-state index is 12.9. The molecule has 29 heavy (non-hydrogen) atoms. The van der Waals surface area contributed by atoms with E-state index in [9.17, 15) is 14.7 Å². The number of fused-ring (bicyclic) bond motifs is 4. The summed E-state index contributed by atoms with van der Waals surface area (Å²) in [4.78, 5) is 25.8. The van der Waals surface area contributed by atoms with Crippen molar-refractivity contribution in [1.82, 2.24) is 10.2 Å². The normalized spacial score (nSPS) is 14.8. The molecule has 7 nitrogen and oxygen atoms in total. The van der Waals surface area contributed by atoms with Crippen LogP contribution in [0, 0.1) is 0 Å². The second kappa shape index (κ2) is 6.77. The van der Waals surface area contributed by atoms with E-state index in [1.165, 1.54) is 4.90 Å². The number of carboxylic acids is 1. The van der Waals surface area contributed by atoms with Crippen LogP contribution in [0.2, 0.25) is 0 Å². The Morgan fingerprint density at radius 1 is 1.10 bits per heavy atom. The van der Waals surface area contributed by atoms with E-state index < -0.39 is 12.1 Å². The Hall–Kier alpha value is -3.61. The van der Waals surface area contributed by atoms with Gasteiger partial charge in [0, 0.05) is 12.5 Å². The summed E-state index contributed by atoms with van der Waals surface area (Å²) in [5.74, 6) is -1.21. The van der Waals surface area contributed by atoms with Crippen molar-refractivity contribution < 1.29 is 19.4 Å². The Labute approximate surface area is 166 Å². The number of amides is 1. The molecule has 1 amide bonds. The summed E-state index contributed by atoms with van der Waals surface area (Å²) in [5.41, 5.74) is 5.42. The lowest BCUT2D eigenvalue weighted by atomic mass is 9.98. The van der Waals surface area contributed by atoms with Gasteiger partial charge >= 0.3 is 12.1 Å². The molecule has 2 N–H and O–H groups in total. The van der Waals surface area contributed by atoms with Crippen LogP contribution >= 0.6 is 0 Å². The number of anilines is 1. The minimum atomic E-state index is -1.17. The van der Waals surface area contributed by atoms with Crippen molar-refractivity contribution in [2.45, 2.75) is 18.8 Å². The highest BCUT2D eigenvalue weighted by Crippen LogP contribution is 2.44. The third-order valence-electron chi connectivity index (χ3n) is 5.65. The van der Waals surface area contributed by atoms with Crippen molar-refractivity contribution in [1.29, 1.82) is 0 Å². The molecule has 0 fully saturated rings. The predicted molar refractivity (Wildman–Crippen MR) is 106 cm³/mol. The van der Waals surface area contributed by atoms with Crippen LogP contribution in [-0.2, 0) is 11.2 Å². The fraction of sp³-hybridized carbons (Fsp3) is 0.227. The summed E-state index contributed by atoms with van der Waals surface area (Å²) in [6, 6.07) is 16.3. The van der Waals surface area contributed by atoms with Crippen LogP contribution < -0.4 is 4.90 Å². The molecule has 0 saturated heterocycles. The molecule has 5 rings (SSSR count). The number of hydrogen-bond donors (Lipinski definition) is 2. The van der Waals surface area contributed by atoms with Crippen LogP contribution in [0.5, 0.6) is 0 Å². The van der Waals surface area contributed by atoms with Crippen molar-refractivity contribution >= 4 is 17.7 Å². The van der Waals surface area contributed by atoms with Gasteiger partial charge in [-0.15, -0.1) is 0 Å². The number of aryl methyl sites for hydroxylation is 1. The molecule has 0 radical (unpaired) electrons. The lowest BCUT2D eigenvalue weighted by molar-refractivity contribution is 0.0691. The molecule has 1 aliphatic carbocycles. The molecule has 2 aromatic carbocycles. The van der Waals surface area contributed by atoms with Gasteiger partial charge in [-0.1, -0.05) is 48.5 Å². The Bertz CT molecular complexity index is 1080. The van der Waals surface area contributed by atoms with Crippen molar-refractivity contribution in [2.24, 2.45) is 0 Å². The van der Waals surface area contributed by atoms with Crippen LogP contribution in [0.3, 0.4) is 0 Å². The van der Waals surface area contributed by atoms with Crippen LogP contribution in [0.25, 0.3) is 11.1 Å². The zero-order valence-electron chi connectivity index (χ0n) is 15.6. The van der Waals surface area contributed by atoms with Gasteiger partial charge in [0.25, 0.3) is 0 Å². The number of benzene rings is 2. The summed E-state index contributed by atoms with van der Waals surface area (Å²) in [6.45, 7) is 0.600. The lowest BCUT2D eigenvalue weighted by Crippen LogP contribution is -2.37. The molecule has 3 aromatic rings. The van der Waals surface area contributed by atoms with Crippen LogP contribution in [0.15, 0.2) is 48.5 Å². The summed E-state index contributed by atoms with van der Waals surface area (Å²) in [5, 5.41) is 16.0. The highest BCUT2D eigenvalue weighted by atomic mass is 16.6. The van der Waals surface area contributed by atoms with E-state index in [2.05, 4.69) is 34.5 Å². The Balaban J connectivity index is 1.40. The van der Waals surface area contributed by atoms with E-state index in [4.69, 9.17) is 4.74 Å². The van der Waals surface area contributed by atoms with Crippen LogP contribution in [-0.4, -0.2) is 40.5 Å². The standard InChI is InChI=1S/C22H19N3O4/c26-21(27)19-20-18(23-24-19)10-5-11-25(20)22(28)29-12-17-15-8-3-1-6-13(15)14-7-2-4-9-16(14)17/h1-4,6-9,17H,5,10-12H2,(H,23,24)(H,26,27). The maximum absolute atomic E-state index is 12.9. The number of ether oxygens (including phenoxy) is 1. The fourth-order valence-electron chi connectivity index (χ4n) is 4.37. The topological polar surface area (TPSA) is 95.5 Å². The number of carbonyl (C=O) groups excluding carboxylic acids is 1. The first kappa shape index (κ1) is 17.5. The van der Waals surface area contributed by atoms with E-state index in [1.807, 2.05) is 24.3 Å². The summed E-state index contributed by atoms with van der Waals surface area (Å²) in [6.07, 6.45) is 0.831. The molecule has 0 unspecified atom stereocenters. The number of rotatable bonds is 3. The number of hydrogen-bond acceptors (Lipinski definition) is 4. The zero-order chi connectivity index (χ0) is 20.0. The molecule has 1 aromatic heterocycles. The molecule has 0 spiro atoms. The summed E-state index contributed by atoms with van der Waals surface area (Å²) in [7, 11) is 0. The average Bonchev–Trinajstić information content (AvgIpc) is 3.32. The Morgan fingerprint density at radius 2 is 1.76 bits per heavy atom. The first-order valence-corrected chi connectivity index (χ1v) is 9.58. The molecule has 0 bridgehead atoms. The first-order chi connectivity index (χ1) is 14.1. The number of nitrogens with zero attached hydrogens (tertiary/aromatic N) is 2. The molecule has 7 heteroatoms. The number of carbonyl (C=O) groups is 2. The Morgan fingerprint density at radius 3 is 2.41 bits per heavy atom. The van der Waals surface area contributed by atoms with E-state index in [1.54, 1.807) is 0 Å². The van der Waals surface area contributed by atoms with Crippen molar-refractivity contribution in [2.75, 3.05) is 18.1 Å².